The van der Waals surface area contributed by atoms with Crippen molar-refractivity contribution in [3.63, 3.8) is 0 Å². The third-order valence-corrected chi connectivity index (χ3v) is 6.07. The minimum absolute atomic E-state index is 0.261. The number of ether oxygens (including phenoxy) is 2. The minimum atomic E-state index is -0.520. The second kappa shape index (κ2) is 12.2. The van der Waals surface area contributed by atoms with Gasteiger partial charge in [0.15, 0.2) is 11.5 Å². The molecule has 1 fully saturated rings. The number of hydrogen-bond donors (Lipinski definition) is 1. The quantitative estimate of drug-likeness (QED) is 0.579. The van der Waals surface area contributed by atoms with Crippen molar-refractivity contribution in [1.29, 1.82) is 0 Å². The number of nitrogens with zero attached hydrogens (tertiary/aromatic N) is 3. The zero-order valence-electron chi connectivity index (χ0n) is 20.1. The molecule has 2 aromatic carbocycles. The highest BCUT2D eigenvalue weighted by atomic mass is 16.5. The van der Waals surface area contributed by atoms with Gasteiger partial charge in [-0.25, -0.2) is 0 Å². The Hall–Kier alpha value is -2.12. The van der Waals surface area contributed by atoms with Crippen LogP contribution in [-0.4, -0.2) is 85.9 Å². The van der Waals surface area contributed by atoms with Crippen molar-refractivity contribution in [1.82, 2.24) is 14.7 Å². The van der Waals surface area contributed by atoms with E-state index in [4.69, 9.17) is 9.47 Å². The molecule has 32 heavy (non-hydrogen) atoms. The second-order valence-electron chi connectivity index (χ2n) is 8.84. The van der Waals surface area contributed by atoms with Crippen LogP contribution in [0.4, 0.5) is 0 Å². The molecule has 6 heteroatoms. The summed E-state index contributed by atoms with van der Waals surface area (Å²) in [6.07, 6.45) is -0.520. The van der Waals surface area contributed by atoms with Crippen molar-refractivity contribution in [3.05, 3.63) is 59.2 Å². The van der Waals surface area contributed by atoms with Gasteiger partial charge in [-0.15, -0.1) is 0 Å². The molecule has 1 N–H and O–H groups in total. The molecule has 1 saturated heterocycles. The smallest absolute Gasteiger partial charge is 0.161 e. The zero-order valence-corrected chi connectivity index (χ0v) is 20.1. The average molecular weight is 442 g/mol. The summed E-state index contributed by atoms with van der Waals surface area (Å²) in [6, 6.07) is 14.7. The van der Waals surface area contributed by atoms with Crippen molar-refractivity contribution in [3.8, 4) is 11.5 Å². The number of methoxy groups -OCH3 is 1. The van der Waals surface area contributed by atoms with Crippen molar-refractivity contribution in [2.45, 2.75) is 33.0 Å². The fourth-order valence-corrected chi connectivity index (χ4v) is 4.13. The molecule has 6 nitrogen and oxygen atoms in total. The highest BCUT2D eigenvalue weighted by Gasteiger charge is 2.19. The number of β-amino-alcohol motifs (C(OH)–C–C–N with tert-alkyl or cyclic N) is 1. The lowest BCUT2D eigenvalue weighted by Gasteiger charge is -2.34. The van der Waals surface area contributed by atoms with Gasteiger partial charge in [-0.2, -0.15) is 0 Å². The topological polar surface area (TPSA) is 48.4 Å². The van der Waals surface area contributed by atoms with E-state index >= 15 is 0 Å². The number of likely N-dealkylation sites (N-methyl/N-ethyl adjacent to an activating group) is 1. The predicted octanol–water partition coefficient (Wildman–Crippen LogP) is 3.01. The van der Waals surface area contributed by atoms with Crippen LogP contribution in [0.15, 0.2) is 42.5 Å². The first-order valence-corrected chi connectivity index (χ1v) is 11.6. The van der Waals surface area contributed by atoms with E-state index in [0.717, 1.165) is 51.4 Å². The minimum Gasteiger partial charge on any atom is -0.493 e. The summed E-state index contributed by atoms with van der Waals surface area (Å²) in [4.78, 5) is 7.02. The van der Waals surface area contributed by atoms with Crippen LogP contribution in [0.25, 0.3) is 0 Å². The number of aryl methyl sites for hydroxylation is 1. The van der Waals surface area contributed by atoms with E-state index in [1.165, 1.54) is 11.1 Å². The Morgan fingerprint density at radius 1 is 0.938 bits per heavy atom. The largest absolute Gasteiger partial charge is 0.493 e. The Kier molecular flexibility index (Phi) is 9.36. The van der Waals surface area contributed by atoms with E-state index in [9.17, 15) is 5.11 Å². The van der Waals surface area contributed by atoms with Gasteiger partial charge >= 0.3 is 0 Å². The lowest BCUT2D eigenvalue weighted by molar-refractivity contribution is 0.0464. The first-order chi connectivity index (χ1) is 15.5. The Bertz CT molecular complexity index is 820. The molecule has 3 rings (SSSR count). The van der Waals surface area contributed by atoms with Crippen molar-refractivity contribution >= 4 is 0 Å². The van der Waals surface area contributed by atoms with Crippen molar-refractivity contribution in [2.75, 3.05) is 60.0 Å². The molecular formula is C26H39N3O3. The Labute approximate surface area is 193 Å². The fourth-order valence-electron chi connectivity index (χ4n) is 4.13. The molecule has 0 bridgehead atoms. The van der Waals surface area contributed by atoms with Gasteiger partial charge < -0.3 is 19.5 Å². The molecule has 2 aromatic rings. The molecule has 0 spiro atoms. The molecular weight excluding hydrogens is 402 g/mol. The SMILES string of the molecule is CCN1CCN(CC(O)COc2ccc(CN(C)Cc3ccc(C)cc3)cc2OC)CC1. The van der Waals surface area contributed by atoms with Crippen LogP contribution in [0.1, 0.15) is 23.6 Å². The molecule has 1 unspecified atom stereocenters. The van der Waals surface area contributed by atoms with Crippen molar-refractivity contribution in [2.24, 2.45) is 0 Å². The van der Waals surface area contributed by atoms with Gasteiger partial charge in [0.25, 0.3) is 0 Å². The van der Waals surface area contributed by atoms with E-state index in [0.29, 0.717) is 18.0 Å². The van der Waals surface area contributed by atoms with Crippen molar-refractivity contribution < 1.29 is 14.6 Å². The summed E-state index contributed by atoms with van der Waals surface area (Å²) < 4.78 is 11.5. The van der Waals surface area contributed by atoms with E-state index in [2.05, 4.69) is 65.9 Å². The first-order valence-electron chi connectivity index (χ1n) is 11.6. The Morgan fingerprint density at radius 2 is 1.56 bits per heavy atom. The first kappa shape index (κ1) is 24.5. The van der Waals surface area contributed by atoms with Gasteiger partial charge in [0.05, 0.1) is 7.11 Å². The van der Waals surface area contributed by atoms with Gasteiger partial charge in [-0.3, -0.25) is 9.80 Å². The van der Waals surface area contributed by atoms with E-state index in [1.807, 2.05) is 12.1 Å². The maximum atomic E-state index is 10.5. The molecule has 176 valence electrons. The number of piperazine rings is 1. The summed E-state index contributed by atoms with van der Waals surface area (Å²) in [5, 5.41) is 10.5. The summed E-state index contributed by atoms with van der Waals surface area (Å²) in [5.74, 6) is 1.38. The predicted molar refractivity (Wildman–Crippen MR) is 129 cm³/mol. The maximum Gasteiger partial charge on any atom is 0.161 e. The van der Waals surface area contributed by atoms with Crippen LogP contribution in [0.2, 0.25) is 0 Å². The number of rotatable bonds is 11. The van der Waals surface area contributed by atoms with Crippen LogP contribution in [0.5, 0.6) is 11.5 Å². The maximum absolute atomic E-state index is 10.5. The van der Waals surface area contributed by atoms with Gasteiger partial charge in [0, 0.05) is 45.8 Å². The van der Waals surface area contributed by atoms with E-state index in [1.54, 1.807) is 7.11 Å². The second-order valence-corrected chi connectivity index (χ2v) is 8.84. The molecule has 1 aliphatic heterocycles. The molecule has 0 radical (unpaired) electrons. The molecule has 1 atom stereocenters. The summed E-state index contributed by atoms with van der Waals surface area (Å²) in [6.45, 7) is 12.1. The summed E-state index contributed by atoms with van der Waals surface area (Å²) in [7, 11) is 3.78. The third kappa shape index (κ3) is 7.48. The normalized spacial score (nSPS) is 16.3. The van der Waals surface area contributed by atoms with E-state index < -0.39 is 6.10 Å². The lowest BCUT2D eigenvalue weighted by atomic mass is 10.1. The lowest BCUT2D eigenvalue weighted by Crippen LogP contribution is -2.49. The monoisotopic (exact) mass is 441 g/mol. The Balaban J connectivity index is 1.48. The number of hydrogen-bond acceptors (Lipinski definition) is 6. The summed E-state index contributed by atoms with van der Waals surface area (Å²) in [5.41, 5.74) is 3.74. The van der Waals surface area contributed by atoms with Crippen LogP contribution < -0.4 is 9.47 Å². The van der Waals surface area contributed by atoms with Crippen LogP contribution in [-0.2, 0) is 13.1 Å². The number of aliphatic hydroxyl groups excluding tert-OH is 1. The highest BCUT2D eigenvalue weighted by molar-refractivity contribution is 5.43. The van der Waals surface area contributed by atoms with Crippen LogP contribution >= 0.6 is 0 Å². The average Bonchev–Trinajstić information content (AvgIpc) is 2.80. The molecule has 0 aliphatic carbocycles. The molecule has 0 aromatic heterocycles. The number of benzene rings is 2. The molecule has 0 saturated carbocycles. The Morgan fingerprint density at radius 3 is 2.22 bits per heavy atom. The zero-order chi connectivity index (χ0) is 22.9. The molecule has 0 amide bonds. The standard InChI is InChI=1S/C26H39N3O3/c1-5-28-12-14-29(15-13-28)19-24(30)20-32-25-11-10-23(16-26(25)31-4)18-27(3)17-22-8-6-21(2)7-9-22/h6-11,16,24,30H,5,12-15,17-20H2,1-4H3. The third-order valence-electron chi connectivity index (χ3n) is 6.07. The van der Waals surface area contributed by atoms with Gasteiger partial charge in [-0.05, 0) is 43.8 Å². The fraction of sp³-hybridized carbons (Fsp3) is 0.538. The van der Waals surface area contributed by atoms with E-state index in [-0.39, 0.29) is 6.61 Å². The van der Waals surface area contributed by atoms with Crippen LogP contribution in [0.3, 0.4) is 0 Å². The van der Waals surface area contributed by atoms with Gasteiger partial charge in [0.1, 0.15) is 12.7 Å². The van der Waals surface area contributed by atoms with Gasteiger partial charge in [0.2, 0.25) is 0 Å². The highest BCUT2D eigenvalue weighted by Crippen LogP contribution is 2.29. The molecule has 1 heterocycles. The number of aliphatic hydroxyl groups is 1. The summed E-state index contributed by atoms with van der Waals surface area (Å²) >= 11 is 0. The van der Waals surface area contributed by atoms with Crippen LogP contribution in [0, 0.1) is 6.92 Å². The van der Waals surface area contributed by atoms with Gasteiger partial charge in [-0.1, -0.05) is 42.8 Å². The molecule has 1 aliphatic rings.